The molecule has 1 saturated carbocycles. The SMILES string of the molecule is O=C(CC1(O)CCC1)N1Cc2ccnn2CC[C@@H]1COc1cnccn1. The van der Waals surface area contributed by atoms with Gasteiger partial charge in [0.1, 0.15) is 6.61 Å². The quantitative estimate of drug-likeness (QED) is 0.863. The predicted molar refractivity (Wildman–Crippen MR) is 92.1 cm³/mol. The molecule has 3 heterocycles. The molecule has 26 heavy (non-hydrogen) atoms. The maximum atomic E-state index is 13.0. The average Bonchev–Trinajstić information content (AvgIpc) is 2.99. The van der Waals surface area contributed by atoms with Crippen molar-refractivity contribution in [3.8, 4) is 5.88 Å². The van der Waals surface area contributed by atoms with Crippen molar-refractivity contribution in [2.24, 2.45) is 0 Å². The average molecular weight is 357 g/mol. The van der Waals surface area contributed by atoms with E-state index in [1.54, 1.807) is 24.8 Å². The minimum atomic E-state index is -0.833. The number of carbonyl (C=O) groups excluding carboxylic acids is 1. The zero-order valence-corrected chi connectivity index (χ0v) is 14.6. The van der Waals surface area contributed by atoms with Crippen LogP contribution in [0.1, 0.15) is 37.8 Å². The summed E-state index contributed by atoms with van der Waals surface area (Å²) in [6.45, 7) is 1.54. The van der Waals surface area contributed by atoms with Crippen molar-refractivity contribution >= 4 is 5.91 Å². The Morgan fingerprint density at radius 2 is 2.23 bits per heavy atom. The molecule has 0 radical (unpaired) electrons. The van der Waals surface area contributed by atoms with Crippen molar-refractivity contribution in [2.45, 2.75) is 56.8 Å². The molecule has 1 N–H and O–H groups in total. The van der Waals surface area contributed by atoms with Gasteiger partial charge in [-0.1, -0.05) is 0 Å². The van der Waals surface area contributed by atoms with E-state index in [1.165, 1.54) is 0 Å². The number of rotatable bonds is 5. The van der Waals surface area contributed by atoms with Gasteiger partial charge in [-0.05, 0) is 31.7 Å². The molecular weight excluding hydrogens is 334 g/mol. The molecule has 0 bridgehead atoms. The van der Waals surface area contributed by atoms with Crippen molar-refractivity contribution in [3.63, 3.8) is 0 Å². The third-order valence-electron chi connectivity index (χ3n) is 5.30. The van der Waals surface area contributed by atoms with Crippen LogP contribution in [0, 0.1) is 0 Å². The highest BCUT2D eigenvalue weighted by Gasteiger charge is 2.39. The summed E-state index contributed by atoms with van der Waals surface area (Å²) in [5, 5.41) is 14.7. The van der Waals surface area contributed by atoms with Gasteiger partial charge in [-0.15, -0.1) is 0 Å². The number of hydrogen-bond donors (Lipinski definition) is 1. The van der Waals surface area contributed by atoms with Gasteiger partial charge >= 0.3 is 0 Å². The third-order valence-corrected chi connectivity index (χ3v) is 5.30. The molecule has 138 valence electrons. The first-order valence-corrected chi connectivity index (χ1v) is 9.04. The highest BCUT2D eigenvalue weighted by molar-refractivity contribution is 5.77. The van der Waals surface area contributed by atoms with Gasteiger partial charge in [0.2, 0.25) is 11.8 Å². The van der Waals surface area contributed by atoms with Gasteiger partial charge in [-0.3, -0.25) is 14.5 Å². The number of aryl methyl sites for hydroxylation is 1. The normalized spacial score (nSPS) is 21.4. The van der Waals surface area contributed by atoms with Crippen molar-refractivity contribution in [1.82, 2.24) is 24.6 Å². The fourth-order valence-electron chi connectivity index (χ4n) is 3.58. The van der Waals surface area contributed by atoms with Gasteiger partial charge in [0.15, 0.2) is 0 Å². The second-order valence-electron chi connectivity index (χ2n) is 7.12. The van der Waals surface area contributed by atoms with Crippen LogP contribution in [0.15, 0.2) is 30.9 Å². The van der Waals surface area contributed by atoms with E-state index in [0.717, 1.165) is 25.1 Å². The van der Waals surface area contributed by atoms with Gasteiger partial charge in [-0.2, -0.15) is 5.10 Å². The number of hydrogen-bond acceptors (Lipinski definition) is 6. The van der Waals surface area contributed by atoms with Gasteiger partial charge < -0.3 is 14.7 Å². The Balaban J connectivity index is 1.49. The Kier molecular flexibility index (Phi) is 4.58. The zero-order chi connectivity index (χ0) is 18.0. The molecule has 8 nitrogen and oxygen atoms in total. The van der Waals surface area contributed by atoms with E-state index in [2.05, 4.69) is 15.1 Å². The van der Waals surface area contributed by atoms with Crippen LogP contribution in [0.5, 0.6) is 5.88 Å². The topological polar surface area (TPSA) is 93.4 Å². The molecule has 0 spiro atoms. The number of carbonyl (C=O) groups is 1. The number of nitrogens with zero attached hydrogens (tertiary/aromatic N) is 5. The Labute approximate surface area is 151 Å². The van der Waals surface area contributed by atoms with Crippen LogP contribution in [-0.4, -0.2) is 53.9 Å². The molecule has 0 saturated heterocycles. The Hall–Kier alpha value is -2.48. The van der Waals surface area contributed by atoms with E-state index < -0.39 is 5.60 Å². The molecule has 0 aromatic carbocycles. The summed E-state index contributed by atoms with van der Waals surface area (Å²) in [5.74, 6) is 0.411. The van der Waals surface area contributed by atoms with Crippen LogP contribution in [0.3, 0.4) is 0 Å². The Morgan fingerprint density at radius 1 is 1.35 bits per heavy atom. The molecule has 4 rings (SSSR count). The predicted octanol–water partition coefficient (Wildman–Crippen LogP) is 1.16. The molecule has 1 atom stereocenters. The van der Waals surface area contributed by atoms with Crippen molar-refractivity contribution < 1.29 is 14.6 Å². The van der Waals surface area contributed by atoms with E-state index in [-0.39, 0.29) is 18.4 Å². The van der Waals surface area contributed by atoms with Gasteiger partial charge in [-0.25, -0.2) is 4.98 Å². The van der Waals surface area contributed by atoms with Crippen LogP contribution in [-0.2, 0) is 17.9 Å². The smallest absolute Gasteiger partial charge is 0.232 e. The summed E-state index contributed by atoms with van der Waals surface area (Å²) in [6.07, 6.45) is 9.77. The Bertz CT molecular complexity index is 759. The summed E-state index contributed by atoms with van der Waals surface area (Å²) in [6, 6.07) is 1.83. The second kappa shape index (κ2) is 7.03. The molecule has 0 unspecified atom stereocenters. The first-order valence-electron chi connectivity index (χ1n) is 9.04. The summed E-state index contributed by atoms with van der Waals surface area (Å²) in [5.41, 5.74) is 0.167. The number of aromatic nitrogens is 4. The first kappa shape index (κ1) is 17.0. The van der Waals surface area contributed by atoms with Crippen LogP contribution >= 0.6 is 0 Å². The summed E-state index contributed by atoms with van der Waals surface area (Å²) in [4.78, 5) is 22.9. The molecule has 8 heteroatoms. The van der Waals surface area contributed by atoms with Crippen LogP contribution in [0.4, 0.5) is 0 Å². The van der Waals surface area contributed by atoms with E-state index in [1.807, 2.05) is 15.6 Å². The molecule has 1 aliphatic carbocycles. The molecule has 2 aromatic heterocycles. The minimum Gasteiger partial charge on any atom is -0.474 e. The summed E-state index contributed by atoms with van der Waals surface area (Å²) < 4.78 is 7.70. The van der Waals surface area contributed by atoms with E-state index in [0.29, 0.717) is 31.9 Å². The number of aliphatic hydroxyl groups is 1. The van der Waals surface area contributed by atoms with E-state index in [4.69, 9.17) is 4.74 Å². The lowest BCUT2D eigenvalue weighted by Crippen LogP contribution is -2.48. The first-order chi connectivity index (χ1) is 12.6. The van der Waals surface area contributed by atoms with Crippen molar-refractivity contribution in [2.75, 3.05) is 6.61 Å². The van der Waals surface area contributed by atoms with Crippen LogP contribution < -0.4 is 4.74 Å². The zero-order valence-electron chi connectivity index (χ0n) is 14.6. The van der Waals surface area contributed by atoms with Crippen LogP contribution in [0.2, 0.25) is 0 Å². The fourth-order valence-corrected chi connectivity index (χ4v) is 3.58. The monoisotopic (exact) mass is 357 g/mol. The van der Waals surface area contributed by atoms with Gasteiger partial charge in [0.25, 0.3) is 0 Å². The van der Waals surface area contributed by atoms with Gasteiger partial charge in [0.05, 0.1) is 36.5 Å². The number of amides is 1. The van der Waals surface area contributed by atoms with Gasteiger partial charge in [0, 0.05) is 25.1 Å². The summed E-state index contributed by atoms with van der Waals surface area (Å²) in [7, 11) is 0. The summed E-state index contributed by atoms with van der Waals surface area (Å²) >= 11 is 0. The van der Waals surface area contributed by atoms with Crippen molar-refractivity contribution in [3.05, 3.63) is 36.5 Å². The Morgan fingerprint density at radius 3 is 2.96 bits per heavy atom. The lowest BCUT2D eigenvalue weighted by Gasteiger charge is -2.38. The second-order valence-corrected chi connectivity index (χ2v) is 7.12. The highest BCUT2D eigenvalue weighted by Crippen LogP contribution is 2.35. The number of ether oxygens (including phenoxy) is 1. The van der Waals surface area contributed by atoms with Crippen molar-refractivity contribution in [1.29, 1.82) is 0 Å². The van der Waals surface area contributed by atoms with Crippen LogP contribution in [0.25, 0.3) is 0 Å². The molecule has 2 aliphatic rings. The standard InChI is InChI=1S/C18H23N5O3/c24-17(10-18(25)4-1-5-18)22-12-14-2-6-21-23(14)9-3-15(22)13-26-16-11-19-7-8-20-16/h2,6-8,11,15,25H,1,3-5,9-10,12-13H2/t15-/m1/s1. The van der Waals surface area contributed by atoms with E-state index in [9.17, 15) is 9.90 Å². The molecular formula is C18H23N5O3. The lowest BCUT2D eigenvalue weighted by atomic mass is 9.77. The fraction of sp³-hybridized carbons (Fsp3) is 0.556. The maximum absolute atomic E-state index is 13.0. The minimum absolute atomic E-state index is 0.0328. The lowest BCUT2D eigenvalue weighted by molar-refractivity contribution is -0.144. The third kappa shape index (κ3) is 3.55. The number of fused-ring (bicyclic) bond motifs is 1. The molecule has 2 aromatic rings. The highest BCUT2D eigenvalue weighted by atomic mass is 16.5. The molecule has 1 amide bonds. The molecule has 1 aliphatic heterocycles. The largest absolute Gasteiger partial charge is 0.474 e. The van der Waals surface area contributed by atoms with E-state index >= 15 is 0 Å². The molecule has 1 fully saturated rings. The maximum Gasteiger partial charge on any atom is 0.232 e.